The van der Waals surface area contributed by atoms with E-state index in [4.69, 9.17) is 11.5 Å². The Morgan fingerprint density at radius 1 is 0.880 bits per heavy atom. The van der Waals surface area contributed by atoms with Gasteiger partial charge in [-0.2, -0.15) is 0 Å². The van der Waals surface area contributed by atoms with E-state index in [0.29, 0.717) is 57.2 Å². The molecule has 10 N–H and O–H groups in total. The van der Waals surface area contributed by atoms with Gasteiger partial charge in [0.2, 0.25) is 23.6 Å². The minimum absolute atomic E-state index is 0.0187. The van der Waals surface area contributed by atoms with Crippen LogP contribution in [-0.2, 0) is 35.2 Å². The average molecular weight is 701 g/mol. The molecule has 278 valence electrons. The summed E-state index contributed by atoms with van der Waals surface area (Å²) < 4.78 is 0. The third-order valence-electron chi connectivity index (χ3n) is 8.52. The van der Waals surface area contributed by atoms with Crippen molar-refractivity contribution in [1.29, 1.82) is 0 Å². The largest absolute Gasteiger partial charge is 0.508 e. The minimum Gasteiger partial charge on any atom is -0.508 e. The van der Waals surface area contributed by atoms with Crippen LogP contribution in [-0.4, -0.2) is 82.9 Å². The zero-order chi connectivity index (χ0) is 37.1. The second kappa shape index (κ2) is 22.4. The molecule has 1 aliphatic rings. The Bertz CT molecular complexity index is 1300. The molecule has 14 nitrogen and oxygen atoms in total. The number of nitrogens with one attached hydrogen (secondary N) is 4. The number of hydrogen-bond donors (Lipinski definition) is 8. The Kier molecular flexibility index (Phi) is 18.8. The van der Waals surface area contributed by atoms with Gasteiger partial charge < -0.3 is 42.9 Å². The number of aliphatic carboxylic acids is 1. The smallest absolute Gasteiger partial charge is 0.306 e. The molecule has 0 bridgehead atoms. The molecule has 4 amide bonds. The zero-order valence-corrected chi connectivity index (χ0v) is 29.3. The summed E-state index contributed by atoms with van der Waals surface area (Å²) in [5.41, 5.74) is 11.9. The van der Waals surface area contributed by atoms with Gasteiger partial charge in [-0.05, 0) is 101 Å². The molecule has 0 aliphatic carbocycles. The van der Waals surface area contributed by atoms with Crippen molar-refractivity contribution in [3.8, 4) is 5.75 Å². The van der Waals surface area contributed by atoms with E-state index < -0.39 is 59.6 Å². The van der Waals surface area contributed by atoms with Crippen molar-refractivity contribution >= 4 is 35.4 Å². The number of allylic oxidation sites excluding steroid dienone is 1. The topological polar surface area (TPSA) is 243 Å². The van der Waals surface area contributed by atoms with Crippen molar-refractivity contribution in [2.24, 2.45) is 23.3 Å². The number of carbonyl (C=O) groups excluding carboxylic acids is 5. The summed E-state index contributed by atoms with van der Waals surface area (Å²) in [4.78, 5) is 79.3. The number of carboxylic acid groups (broad SMARTS) is 1. The third-order valence-corrected chi connectivity index (χ3v) is 8.52. The molecular weight excluding hydrogens is 644 g/mol. The fourth-order valence-corrected chi connectivity index (χ4v) is 5.74. The van der Waals surface area contributed by atoms with Crippen LogP contribution in [0.4, 0.5) is 0 Å². The van der Waals surface area contributed by atoms with Crippen LogP contribution in [0.5, 0.6) is 5.75 Å². The molecule has 1 aliphatic heterocycles. The highest BCUT2D eigenvalue weighted by Gasteiger charge is 2.32. The Balaban J connectivity index is 2.39. The van der Waals surface area contributed by atoms with Crippen LogP contribution in [0, 0.1) is 11.8 Å². The van der Waals surface area contributed by atoms with Gasteiger partial charge >= 0.3 is 5.97 Å². The predicted octanol–water partition coefficient (Wildman–Crippen LogP) is 1.58. The minimum atomic E-state index is -1.16. The highest BCUT2D eigenvalue weighted by Crippen LogP contribution is 2.19. The molecule has 0 radical (unpaired) electrons. The summed E-state index contributed by atoms with van der Waals surface area (Å²) in [6, 6.07) is 1.90. The van der Waals surface area contributed by atoms with Gasteiger partial charge in [-0.3, -0.25) is 28.8 Å². The van der Waals surface area contributed by atoms with Crippen LogP contribution in [0.3, 0.4) is 0 Å². The number of unbranched alkanes of at least 4 members (excludes halogenated alkanes) is 2. The maximum atomic E-state index is 13.9. The molecule has 5 atom stereocenters. The van der Waals surface area contributed by atoms with Crippen molar-refractivity contribution in [2.45, 2.75) is 115 Å². The second-order valence-electron chi connectivity index (χ2n) is 13.3. The summed E-state index contributed by atoms with van der Waals surface area (Å²) in [5, 5.41) is 30.6. The molecule has 1 heterocycles. The van der Waals surface area contributed by atoms with E-state index in [9.17, 15) is 39.0 Å². The number of phenolic OH excluding ortho intramolecular Hbond substituents is 1. The number of benzene rings is 1. The zero-order valence-electron chi connectivity index (χ0n) is 29.3. The van der Waals surface area contributed by atoms with Crippen LogP contribution in [0.1, 0.15) is 90.0 Å². The molecule has 0 unspecified atom stereocenters. The van der Waals surface area contributed by atoms with Crippen LogP contribution >= 0.6 is 0 Å². The van der Waals surface area contributed by atoms with E-state index in [2.05, 4.69) is 21.3 Å². The van der Waals surface area contributed by atoms with Gasteiger partial charge in [0.05, 0.1) is 12.0 Å². The van der Waals surface area contributed by atoms with Crippen molar-refractivity contribution in [3.05, 3.63) is 42.0 Å². The molecule has 14 heteroatoms. The van der Waals surface area contributed by atoms with Crippen LogP contribution in [0.25, 0.3) is 0 Å². The number of amides is 4. The number of aromatic hydroxyl groups is 1. The third kappa shape index (κ3) is 15.5. The van der Waals surface area contributed by atoms with Crippen molar-refractivity contribution in [2.75, 3.05) is 13.1 Å². The molecule has 1 aromatic rings. The lowest BCUT2D eigenvalue weighted by Gasteiger charge is -2.27. The lowest BCUT2D eigenvalue weighted by Crippen LogP contribution is -2.58. The fraction of sp³-hybridized carbons (Fsp3) is 0.611. The predicted molar refractivity (Wildman–Crippen MR) is 189 cm³/mol. The summed E-state index contributed by atoms with van der Waals surface area (Å²) in [7, 11) is 0. The van der Waals surface area contributed by atoms with E-state index in [1.807, 2.05) is 13.8 Å². The highest BCUT2D eigenvalue weighted by molar-refractivity contribution is 5.96. The monoisotopic (exact) mass is 700 g/mol. The number of carboxylic acids is 1. The molecular formula is C36H56N6O8. The van der Waals surface area contributed by atoms with E-state index in [-0.39, 0.29) is 56.1 Å². The summed E-state index contributed by atoms with van der Waals surface area (Å²) in [6.07, 6.45) is 6.74. The van der Waals surface area contributed by atoms with Gasteiger partial charge in [0, 0.05) is 12.8 Å². The number of hydrogen-bond acceptors (Lipinski definition) is 9. The number of phenols is 1. The number of ketones is 1. The lowest BCUT2D eigenvalue weighted by molar-refractivity contribution is -0.144. The average Bonchev–Trinajstić information content (AvgIpc) is 3.06. The summed E-state index contributed by atoms with van der Waals surface area (Å²) in [5.74, 6) is -4.64. The standard InChI is InChI=1S/C36H56N6O8/c1-23(2)20-25(36(49)50)22-31(44)30(21-24-14-16-26(43)17-15-24)42-35(48)28-10-4-3-5-13-32(45)39-27(11-6-8-18-37)33(46)40-29(34(47)41-28)12-7-9-19-38/h3-4,14-17,23,25,27-30,43H,5-13,18-22,37-38H2,1-2H3,(H,39,45)(H,40,46)(H,41,47)(H,42,48)(H,49,50)/t25-,27+,28+,29+,30+/m1/s1. The second-order valence-corrected chi connectivity index (χ2v) is 13.3. The van der Waals surface area contributed by atoms with Gasteiger partial charge in [0.15, 0.2) is 5.78 Å². The van der Waals surface area contributed by atoms with Gasteiger partial charge in [0.1, 0.15) is 23.9 Å². The van der Waals surface area contributed by atoms with E-state index in [1.165, 1.54) is 12.1 Å². The first-order valence-corrected chi connectivity index (χ1v) is 17.6. The Labute approximate surface area is 294 Å². The van der Waals surface area contributed by atoms with Gasteiger partial charge in [-0.25, -0.2) is 0 Å². The number of carbonyl (C=O) groups is 6. The maximum Gasteiger partial charge on any atom is 0.306 e. The SMILES string of the molecule is CC(C)C[C@H](CC(=O)[C@H](Cc1ccc(O)cc1)NC(=O)[C@@H]1CC=CCCC(=O)N[C@@H](CCCCN)C(=O)N[C@@H](CCCCN)C(=O)N1)C(=O)O. The van der Waals surface area contributed by atoms with Crippen LogP contribution in [0.15, 0.2) is 36.4 Å². The highest BCUT2D eigenvalue weighted by atomic mass is 16.4. The lowest BCUT2D eigenvalue weighted by atomic mass is 9.89. The van der Waals surface area contributed by atoms with Crippen molar-refractivity contribution in [1.82, 2.24) is 21.3 Å². The Hall–Kier alpha value is -4.30. The first kappa shape index (κ1) is 41.9. The molecule has 1 aromatic carbocycles. The van der Waals surface area contributed by atoms with E-state index >= 15 is 0 Å². The fourth-order valence-electron chi connectivity index (χ4n) is 5.74. The van der Waals surface area contributed by atoms with Crippen LogP contribution in [0.2, 0.25) is 0 Å². The Morgan fingerprint density at radius 3 is 2.06 bits per heavy atom. The first-order valence-electron chi connectivity index (χ1n) is 17.6. The molecule has 0 saturated heterocycles. The number of Topliss-reactive ketones (excluding diaryl/α,β-unsaturated/α-hetero) is 1. The van der Waals surface area contributed by atoms with Crippen molar-refractivity contribution in [3.63, 3.8) is 0 Å². The molecule has 0 fully saturated rings. The number of nitrogens with two attached hydrogens (primary N) is 2. The van der Waals surface area contributed by atoms with E-state index in [0.717, 1.165) is 0 Å². The van der Waals surface area contributed by atoms with Gasteiger partial charge in [-0.1, -0.05) is 38.1 Å². The van der Waals surface area contributed by atoms with E-state index in [1.54, 1.807) is 24.3 Å². The molecule has 0 saturated carbocycles. The van der Waals surface area contributed by atoms with Crippen molar-refractivity contribution < 1.29 is 39.0 Å². The van der Waals surface area contributed by atoms with Crippen LogP contribution < -0.4 is 32.7 Å². The first-order chi connectivity index (χ1) is 23.8. The summed E-state index contributed by atoms with van der Waals surface area (Å²) >= 11 is 0. The molecule has 0 aromatic heterocycles. The molecule has 50 heavy (non-hydrogen) atoms. The molecule has 2 rings (SSSR count). The summed E-state index contributed by atoms with van der Waals surface area (Å²) in [6.45, 7) is 4.53. The molecule has 0 spiro atoms. The normalized spacial score (nSPS) is 20.2. The quantitative estimate of drug-likeness (QED) is 0.0812. The van der Waals surface area contributed by atoms with Gasteiger partial charge in [-0.15, -0.1) is 0 Å². The maximum absolute atomic E-state index is 13.9. The Morgan fingerprint density at radius 2 is 1.48 bits per heavy atom. The number of rotatable bonds is 18. The van der Waals surface area contributed by atoms with Gasteiger partial charge in [0.25, 0.3) is 0 Å².